The minimum Gasteiger partial charge on any atom is -0.458 e. The highest BCUT2D eigenvalue weighted by Crippen LogP contribution is 2.41. The third-order valence-electron chi connectivity index (χ3n) is 9.17. The predicted molar refractivity (Wildman–Crippen MR) is 191 cm³/mol. The van der Waals surface area contributed by atoms with Gasteiger partial charge in [-0.25, -0.2) is 15.0 Å². The van der Waals surface area contributed by atoms with E-state index in [1.54, 1.807) is 0 Å². The van der Waals surface area contributed by atoms with Gasteiger partial charge in [0, 0.05) is 44.6 Å². The third-order valence-corrected chi connectivity index (χ3v) is 9.17. The lowest BCUT2D eigenvalue weighted by Gasteiger charge is -2.15. The van der Waals surface area contributed by atoms with Crippen molar-refractivity contribution in [2.75, 3.05) is 0 Å². The second kappa shape index (κ2) is 10.5. The van der Waals surface area contributed by atoms with E-state index in [9.17, 15) is 0 Å². The molecule has 0 radical (unpaired) electrons. The first kappa shape index (κ1) is 26.7. The lowest BCUT2D eigenvalue weighted by atomic mass is 9.96. The Morgan fingerprint density at radius 1 is 0.500 bits per heavy atom. The monoisotopic (exact) mass is 618 g/mol. The quantitative estimate of drug-likeness (QED) is 0.212. The van der Waals surface area contributed by atoms with E-state index in [1.165, 1.54) is 5.39 Å². The Bertz CT molecular complexity index is 2740. The van der Waals surface area contributed by atoms with Crippen molar-refractivity contribution in [3.05, 3.63) is 157 Å². The summed E-state index contributed by atoms with van der Waals surface area (Å²) in [7, 11) is 0. The maximum atomic E-state index is 6.57. The fourth-order valence-corrected chi connectivity index (χ4v) is 6.91. The number of para-hydroxylation sites is 1. The summed E-state index contributed by atoms with van der Waals surface area (Å²) in [5.74, 6) is 2.67. The van der Waals surface area contributed by atoms with Gasteiger partial charge in [-0.3, -0.25) is 0 Å². The van der Waals surface area contributed by atoms with E-state index in [1.807, 2.05) is 66.9 Å². The molecule has 0 bridgehead atoms. The van der Waals surface area contributed by atoms with Gasteiger partial charge in [-0.05, 0) is 52.2 Å². The Morgan fingerprint density at radius 2 is 1.25 bits per heavy atom. The zero-order valence-corrected chi connectivity index (χ0v) is 25.6. The lowest BCUT2D eigenvalue weighted by Crippen LogP contribution is -2.14. The molecule has 9 aromatic rings. The van der Waals surface area contributed by atoms with Gasteiger partial charge >= 0.3 is 0 Å². The summed E-state index contributed by atoms with van der Waals surface area (Å²) in [5, 5.41) is 8.93. The molecule has 1 aliphatic rings. The SMILES string of the molecule is C1=C(c2nc(-c3ccccc3)nc(-c3ccc4ccccc4c3)n2)c2c(oc3cc(-c4cccc5oc6ccccc6c45)ccc23)CN1. The molecule has 1 aliphatic heterocycles. The van der Waals surface area contributed by atoms with Crippen molar-refractivity contribution in [3.63, 3.8) is 0 Å². The summed E-state index contributed by atoms with van der Waals surface area (Å²) in [5.41, 5.74) is 8.45. The number of nitrogens with one attached hydrogen (secondary N) is 1. The molecule has 4 heterocycles. The molecule has 48 heavy (non-hydrogen) atoms. The maximum absolute atomic E-state index is 6.57. The van der Waals surface area contributed by atoms with Crippen LogP contribution in [0.25, 0.3) is 83.2 Å². The number of hydrogen-bond donors (Lipinski definition) is 1. The van der Waals surface area contributed by atoms with Crippen molar-refractivity contribution >= 4 is 49.3 Å². The minimum atomic E-state index is 0.568. The van der Waals surface area contributed by atoms with Gasteiger partial charge in [0.2, 0.25) is 0 Å². The molecule has 0 unspecified atom stereocenters. The summed E-state index contributed by atoms with van der Waals surface area (Å²) in [6.45, 7) is 0.568. The summed E-state index contributed by atoms with van der Waals surface area (Å²) in [6, 6.07) is 45.5. The highest BCUT2D eigenvalue weighted by Gasteiger charge is 2.26. The van der Waals surface area contributed by atoms with Crippen LogP contribution in [0.3, 0.4) is 0 Å². The summed E-state index contributed by atoms with van der Waals surface area (Å²) in [4.78, 5) is 15.1. The average molecular weight is 619 g/mol. The molecular formula is C42H26N4O2. The molecule has 1 N–H and O–H groups in total. The van der Waals surface area contributed by atoms with Crippen LogP contribution in [0.4, 0.5) is 0 Å². The zero-order chi connectivity index (χ0) is 31.6. The first-order chi connectivity index (χ1) is 23.8. The fourth-order valence-electron chi connectivity index (χ4n) is 6.91. The molecule has 6 aromatic carbocycles. The molecular weight excluding hydrogens is 592 g/mol. The molecule has 0 atom stereocenters. The van der Waals surface area contributed by atoms with E-state index in [0.29, 0.717) is 24.0 Å². The van der Waals surface area contributed by atoms with Gasteiger partial charge in [0.1, 0.15) is 22.5 Å². The largest absolute Gasteiger partial charge is 0.458 e. The van der Waals surface area contributed by atoms with E-state index in [4.69, 9.17) is 23.8 Å². The molecule has 3 aromatic heterocycles. The van der Waals surface area contributed by atoms with Gasteiger partial charge in [0.15, 0.2) is 17.5 Å². The van der Waals surface area contributed by atoms with Gasteiger partial charge in [-0.1, -0.05) is 103 Å². The molecule has 0 spiro atoms. The molecule has 0 amide bonds. The number of aromatic nitrogens is 3. The summed E-state index contributed by atoms with van der Waals surface area (Å²) < 4.78 is 12.7. The summed E-state index contributed by atoms with van der Waals surface area (Å²) >= 11 is 0. The Morgan fingerprint density at radius 3 is 2.17 bits per heavy atom. The average Bonchev–Trinajstić information content (AvgIpc) is 3.73. The van der Waals surface area contributed by atoms with Crippen molar-refractivity contribution in [3.8, 4) is 33.9 Å². The van der Waals surface area contributed by atoms with Crippen LogP contribution in [0.2, 0.25) is 0 Å². The predicted octanol–water partition coefficient (Wildman–Crippen LogP) is 10.2. The molecule has 0 saturated heterocycles. The van der Waals surface area contributed by atoms with Gasteiger partial charge < -0.3 is 14.2 Å². The first-order valence-electron chi connectivity index (χ1n) is 16.0. The van der Waals surface area contributed by atoms with E-state index < -0.39 is 0 Å². The van der Waals surface area contributed by atoms with Crippen molar-refractivity contribution in [2.24, 2.45) is 0 Å². The molecule has 6 nitrogen and oxygen atoms in total. The Balaban J connectivity index is 1.13. The van der Waals surface area contributed by atoms with Crippen LogP contribution in [0.15, 0.2) is 148 Å². The number of nitrogens with zero attached hydrogens (tertiary/aromatic N) is 3. The molecule has 0 aliphatic carbocycles. The van der Waals surface area contributed by atoms with Crippen LogP contribution in [-0.2, 0) is 6.54 Å². The third kappa shape index (κ3) is 4.23. The van der Waals surface area contributed by atoms with Crippen molar-refractivity contribution in [1.82, 2.24) is 20.3 Å². The summed E-state index contributed by atoms with van der Waals surface area (Å²) in [6.07, 6.45) is 2.00. The van der Waals surface area contributed by atoms with Gasteiger partial charge in [0.05, 0.1) is 6.54 Å². The van der Waals surface area contributed by atoms with Crippen LogP contribution in [0.5, 0.6) is 0 Å². The van der Waals surface area contributed by atoms with Gasteiger partial charge in [-0.15, -0.1) is 0 Å². The molecule has 226 valence electrons. The number of fused-ring (bicyclic) bond motifs is 7. The Kier molecular flexibility index (Phi) is 5.84. The number of hydrogen-bond acceptors (Lipinski definition) is 6. The molecule has 0 fully saturated rings. The topological polar surface area (TPSA) is 77.0 Å². The highest BCUT2D eigenvalue weighted by atomic mass is 16.3. The fraction of sp³-hybridized carbons (Fsp3) is 0.0238. The van der Waals surface area contributed by atoms with E-state index in [-0.39, 0.29) is 0 Å². The molecule has 0 saturated carbocycles. The standard InChI is InChI=1S/C42H26N4O2/c1-2-10-26(11-3-1)40-44-41(29-18-17-25-9-4-5-12-27(25)21-29)46-42(45-40)33-23-43-24-37-39(33)32-20-19-28(22-36(32)48-37)30-14-8-16-35-38(30)31-13-6-7-15-34(31)47-35/h1-23,43H,24H2. The minimum absolute atomic E-state index is 0.568. The van der Waals surface area contributed by atoms with E-state index in [2.05, 4.69) is 78.1 Å². The number of rotatable bonds is 4. The van der Waals surface area contributed by atoms with Crippen LogP contribution in [-0.4, -0.2) is 15.0 Å². The zero-order valence-electron chi connectivity index (χ0n) is 25.6. The first-order valence-corrected chi connectivity index (χ1v) is 16.0. The van der Waals surface area contributed by atoms with Crippen molar-refractivity contribution < 1.29 is 8.83 Å². The maximum Gasteiger partial charge on any atom is 0.166 e. The smallest absolute Gasteiger partial charge is 0.166 e. The van der Waals surface area contributed by atoms with Crippen LogP contribution in [0, 0.1) is 0 Å². The number of furan rings is 2. The van der Waals surface area contributed by atoms with E-state index in [0.717, 1.165) is 77.4 Å². The van der Waals surface area contributed by atoms with Crippen LogP contribution in [0.1, 0.15) is 17.1 Å². The van der Waals surface area contributed by atoms with Crippen molar-refractivity contribution in [2.45, 2.75) is 6.54 Å². The van der Waals surface area contributed by atoms with Crippen LogP contribution < -0.4 is 5.32 Å². The molecule has 10 rings (SSSR count). The second-order valence-electron chi connectivity index (χ2n) is 12.1. The number of benzene rings is 6. The Hall–Kier alpha value is -6.53. The highest BCUT2D eigenvalue weighted by molar-refractivity contribution is 6.13. The van der Waals surface area contributed by atoms with E-state index >= 15 is 0 Å². The molecule has 6 heteroatoms. The lowest BCUT2D eigenvalue weighted by molar-refractivity contribution is 0.531. The normalized spacial score (nSPS) is 12.8. The second-order valence-corrected chi connectivity index (χ2v) is 12.1. The van der Waals surface area contributed by atoms with Gasteiger partial charge in [0.25, 0.3) is 0 Å². The van der Waals surface area contributed by atoms with Crippen LogP contribution >= 0.6 is 0 Å². The Labute approximate surface area is 275 Å². The van der Waals surface area contributed by atoms with Gasteiger partial charge in [-0.2, -0.15) is 0 Å². The van der Waals surface area contributed by atoms with Crippen molar-refractivity contribution in [1.29, 1.82) is 0 Å².